The third-order valence-corrected chi connectivity index (χ3v) is 8.64. The van der Waals surface area contributed by atoms with E-state index in [9.17, 15) is 9.65 Å². The molecule has 37 heavy (non-hydrogen) atoms. The van der Waals surface area contributed by atoms with Crippen LogP contribution in [0.4, 0.5) is 15.8 Å². The number of hydrogen-bond donors (Lipinski definition) is 4. The third kappa shape index (κ3) is 3.70. The molecule has 4 saturated carbocycles. The number of fused-ring (bicyclic) bond motifs is 1. The van der Waals surface area contributed by atoms with Crippen LogP contribution in [0.15, 0.2) is 54.5 Å². The molecular formula is C27H26BClFN7. The SMILES string of the molecule is BC(Nc1cc(Cl)c2ncc(C#N)c(NC34CC(C3)C4)c2c1)(C1=CN(C2CC2)NN1)c1ccc(F)cc1. The van der Waals surface area contributed by atoms with Gasteiger partial charge in [-0.05, 0) is 67.9 Å². The van der Waals surface area contributed by atoms with E-state index in [0.717, 1.165) is 66.0 Å². The van der Waals surface area contributed by atoms with Gasteiger partial charge in [0.2, 0.25) is 0 Å². The number of nitrogens with one attached hydrogen (secondary N) is 4. The van der Waals surface area contributed by atoms with Crippen LogP contribution in [-0.4, -0.2) is 29.4 Å². The molecule has 186 valence electrons. The number of rotatable bonds is 7. The van der Waals surface area contributed by atoms with Crippen molar-refractivity contribution in [3.63, 3.8) is 0 Å². The highest BCUT2D eigenvalue weighted by atomic mass is 35.5. The normalized spacial score (nSPS) is 25.3. The summed E-state index contributed by atoms with van der Waals surface area (Å²) in [7, 11) is 2.06. The Morgan fingerprint density at radius 1 is 1.22 bits per heavy atom. The molecule has 8 rings (SSSR count). The summed E-state index contributed by atoms with van der Waals surface area (Å²) in [5, 5.41) is 20.6. The lowest BCUT2D eigenvalue weighted by Gasteiger charge is -2.62. The van der Waals surface area contributed by atoms with Gasteiger partial charge in [-0.2, -0.15) is 5.26 Å². The number of nitrogens with zero attached hydrogens (tertiary/aromatic N) is 3. The second kappa shape index (κ2) is 8.01. The lowest BCUT2D eigenvalue weighted by atomic mass is 9.50. The van der Waals surface area contributed by atoms with E-state index in [1.807, 2.05) is 12.1 Å². The zero-order valence-electron chi connectivity index (χ0n) is 20.4. The van der Waals surface area contributed by atoms with E-state index in [0.29, 0.717) is 22.1 Å². The Hall–Kier alpha value is -3.48. The number of aromatic nitrogens is 1. The lowest BCUT2D eigenvalue weighted by Crippen LogP contribution is -2.63. The highest BCUT2D eigenvalue weighted by molar-refractivity contribution is 6.36. The first-order chi connectivity index (χ1) is 17.9. The van der Waals surface area contributed by atoms with E-state index >= 15 is 0 Å². The van der Waals surface area contributed by atoms with E-state index in [1.165, 1.54) is 12.1 Å². The standard InChI is InChI=1S/C27H26BClFN7/c28-27(17-1-3-18(30)4-2-17,23-14-37(36-35-23)20-5-6-20)33-19-7-21-24(34-26-9-15(10-26)11-26)16(12-31)13-32-25(21)22(29)8-19/h1-4,7-8,13-15,20,33,35-36H,5-6,9-11,28H2,(H,32,34). The molecule has 1 unspecified atom stereocenters. The van der Waals surface area contributed by atoms with Gasteiger partial charge >= 0.3 is 0 Å². The van der Waals surface area contributed by atoms with Crippen molar-refractivity contribution in [2.24, 2.45) is 5.92 Å². The molecule has 0 saturated heterocycles. The van der Waals surface area contributed by atoms with E-state index < -0.39 is 5.44 Å². The minimum absolute atomic E-state index is 0.0829. The number of halogens is 2. The monoisotopic (exact) mass is 513 g/mol. The molecule has 4 fully saturated rings. The Kier molecular flexibility index (Phi) is 4.91. The first-order valence-corrected chi connectivity index (χ1v) is 13.1. The molecule has 3 aromatic rings. The summed E-state index contributed by atoms with van der Waals surface area (Å²) >= 11 is 6.77. The Labute approximate surface area is 220 Å². The van der Waals surface area contributed by atoms with Crippen molar-refractivity contribution < 1.29 is 4.39 Å². The Balaban J connectivity index is 1.32. The van der Waals surface area contributed by atoms with Gasteiger partial charge < -0.3 is 16.1 Å². The maximum atomic E-state index is 13.8. The van der Waals surface area contributed by atoms with Crippen LogP contribution >= 0.6 is 11.6 Å². The Bertz CT molecular complexity index is 1480. The number of benzene rings is 2. The molecule has 0 radical (unpaired) electrons. The summed E-state index contributed by atoms with van der Waals surface area (Å²) in [4.78, 5) is 4.51. The van der Waals surface area contributed by atoms with E-state index in [-0.39, 0.29) is 11.4 Å². The van der Waals surface area contributed by atoms with Crippen molar-refractivity contribution in [2.45, 2.75) is 49.1 Å². The molecule has 2 bridgehead atoms. The van der Waals surface area contributed by atoms with Crippen molar-refractivity contribution in [1.82, 2.24) is 21.0 Å². The molecule has 4 N–H and O–H groups in total. The van der Waals surface area contributed by atoms with Gasteiger partial charge in [0.1, 0.15) is 19.7 Å². The quantitative estimate of drug-likeness (QED) is 0.354. The summed E-state index contributed by atoms with van der Waals surface area (Å²) in [6, 6.07) is 13.2. The molecule has 0 spiro atoms. The third-order valence-electron chi connectivity index (χ3n) is 8.36. The first-order valence-electron chi connectivity index (χ1n) is 12.7. The number of anilines is 2. The maximum Gasteiger partial charge on any atom is 0.148 e. The molecule has 2 aromatic carbocycles. The average molecular weight is 514 g/mol. The van der Waals surface area contributed by atoms with Crippen LogP contribution in [0.5, 0.6) is 0 Å². The van der Waals surface area contributed by atoms with Crippen LogP contribution in [0.1, 0.15) is 43.2 Å². The summed E-state index contributed by atoms with van der Waals surface area (Å²) in [6.07, 6.45) is 9.38. The largest absolute Gasteiger partial charge is 0.378 e. The van der Waals surface area contributed by atoms with Gasteiger partial charge in [0.15, 0.2) is 0 Å². The van der Waals surface area contributed by atoms with Crippen molar-refractivity contribution >= 4 is 41.7 Å². The summed E-state index contributed by atoms with van der Waals surface area (Å²) < 4.78 is 13.8. The molecule has 1 aromatic heterocycles. The fourth-order valence-electron chi connectivity index (χ4n) is 5.95. The van der Waals surface area contributed by atoms with Gasteiger partial charge in [-0.25, -0.2) is 4.39 Å². The minimum Gasteiger partial charge on any atom is -0.378 e. The molecule has 5 aliphatic rings. The van der Waals surface area contributed by atoms with Crippen LogP contribution in [0.3, 0.4) is 0 Å². The second-order valence-electron chi connectivity index (χ2n) is 11.1. The average Bonchev–Trinajstić information content (AvgIpc) is 3.56. The van der Waals surface area contributed by atoms with Crippen molar-refractivity contribution in [1.29, 1.82) is 5.26 Å². The number of hydrazine groups is 2. The van der Waals surface area contributed by atoms with Gasteiger partial charge in [-0.1, -0.05) is 23.7 Å². The van der Waals surface area contributed by atoms with Crippen molar-refractivity contribution in [2.75, 3.05) is 10.6 Å². The Morgan fingerprint density at radius 3 is 2.62 bits per heavy atom. The van der Waals surface area contributed by atoms with E-state index in [4.69, 9.17) is 11.6 Å². The smallest absolute Gasteiger partial charge is 0.148 e. The van der Waals surface area contributed by atoms with Crippen LogP contribution in [0.25, 0.3) is 10.9 Å². The summed E-state index contributed by atoms with van der Waals surface area (Å²) in [5.74, 6) is 0.518. The minimum atomic E-state index is -0.733. The highest BCUT2D eigenvalue weighted by Gasteiger charge is 2.56. The Morgan fingerprint density at radius 2 is 1.97 bits per heavy atom. The van der Waals surface area contributed by atoms with Crippen LogP contribution in [0.2, 0.25) is 5.02 Å². The molecule has 4 aliphatic carbocycles. The zero-order chi connectivity index (χ0) is 25.4. The fourth-order valence-corrected chi connectivity index (χ4v) is 6.21. The van der Waals surface area contributed by atoms with E-state index in [1.54, 1.807) is 18.3 Å². The van der Waals surface area contributed by atoms with Gasteiger partial charge in [0.05, 0.1) is 32.9 Å². The highest BCUT2D eigenvalue weighted by Crippen LogP contribution is 2.59. The topological polar surface area (TPSA) is 88.0 Å². The number of hydrogen-bond acceptors (Lipinski definition) is 7. The molecular weight excluding hydrogens is 488 g/mol. The lowest BCUT2D eigenvalue weighted by molar-refractivity contribution is 0.00222. The molecule has 2 heterocycles. The predicted molar refractivity (Wildman–Crippen MR) is 145 cm³/mol. The molecule has 0 amide bonds. The second-order valence-corrected chi connectivity index (χ2v) is 11.5. The van der Waals surface area contributed by atoms with E-state index in [2.05, 4.69) is 51.7 Å². The first kappa shape index (κ1) is 22.7. The van der Waals surface area contributed by atoms with Crippen LogP contribution in [-0.2, 0) is 5.44 Å². The zero-order valence-corrected chi connectivity index (χ0v) is 21.2. The number of nitriles is 1. The van der Waals surface area contributed by atoms with Gasteiger partial charge in [0.25, 0.3) is 0 Å². The van der Waals surface area contributed by atoms with Crippen LogP contribution in [0, 0.1) is 23.1 Å². The molecule has 1 atom stereocenters. The molecule has 7 nitrogen and oxygen atoms in total. The van der Waals surface area contributed by atoms with Gasteiger partial charge in [-0.3, -0.25) is 9.99 Å². The maximum absolute atomic E-state index is 13.8. The molecule has 1 aliphatic heterocycles. The number of pyridine rings is 1. The predicted octanol–water partition coefficient (Wildman–Crippen LogP) is 4.09. The summed E-state index contributed by atoms with van der Waals surface area (Å²) in [6.45, 7) is 0. The van der Waals surface area contributed by atoms with Gasteiger partial charge in [0, 0.05) is 35.1 Å². The fraction of sp³-hybridized carbons (Fsp3) is 0.333. The van der Waals surface area contributed by atoms with Crippen LogP contribution < -0.4 is 21.6 Å². The van der Waals surface area contributed by atoms with Gasteiger partial charge in [-0.15, -0.1) is 5.53 Å². The van der Waals surface area contributed by atoms with Crippen molar-refractivity contribution in [3.8, 4) is 6.07 Å². The summed E-state index contributed by atoms with van der Waals surface area (Å²) in [5.41, 5.74) is 10.4. The van der Waals surface area contributed by atoms with Crippen molar-refractivity contribution in [3.05, 3.63) is 76.5 Å². The molecule has 10 heteroatoms.